The number of hydrogen-bond acceptors (Lipinski definition) is 5. The van der Waals surface area contributed by atoms with E-state index in [1.807, 2.05) is 78.6 Å². The van der Waals surface area contributed by atoms with E-state index in [1.165, 1.54) is 11.3 Å². The van der Waals surface area contributed by atoms with Crippen LogP contribution < -0.4 is 10.2 Å². The molecule has 1 aliphatic rings. The van der Waals surface area contributed by atoms with Crippen LogP contribution in [0.25, 0.3) is 16.1 Å². The van der Waals surface area contributed by atoms with Crippen LogP contribution >= 0.6 is 11.3 Å². The fourth-order valence-corrected chi connectivity index (χ4v) is 5.84. The highest BCUT2D eigenvalue weighted by atomic mass is 32.1. The van der Waals surface area contributed by atoms with Gasteiger partial charge in [-0.2, -0.15) is 0 Å². The molecule has 1 aliphatic heterocycles. The van der Waals surface area contributed by atoms with E-state index in [0.717, 1.165) is 51.0 Å². The largest absolute Gasteiger partial charge is 0.378 e. The molecule has 36 heavy (non-hydrogen) atoms. The van der Waals surface area contributed by atoms with Gasteiger partial charge in [0.15, 0.2) is 5.78 Å². The third-order valence-corrected chi connectivity index (χ3v) is 8.09. The second-order valence-electron chi connectivity index (χ2n) is 9.92. The molecule has 0 bridgehead atoms. The predicted octanol–water partition coefficient (Wildman–Crippen LogP) is 5.92. The fraction of sp³-hybridized carbons (Fsp3) is 0.321. The van der Waals surface area contributed by atoms with E-state index in [0.29, 0.717) is 13.1 Å². The molecular formula is C28H31N5O2S. The lowest BCUT2D eigenvalue weighted by Gasteiger charge is -2.39. The number of piperidine rings is 1. The normalized spacial score (nSPS) is 17.8. The van der Waals surface area contributed by atoms with Crippen molar-refractivity contribution < 1.29 is 9.59 Å². The number of hydrogen-bond donors (Lipinski definition) is 1. The molecule has 4 aromatic rings. The average molecular weight is 502 g/mol. The Morgan fingerprint density at radius 1 is 1.08 bits per heavy atom. The molecular weight excluding hydrogens is 470 g/mol. The highest BCUT2D eigenvalue weighted by molar-refractivity contribution is 7.17. The number of fused-ring (bicyclic) bond motifs is 1. The van der Waals surface area contributed by atoms with Crippen molar-refractivity contribution in [1.29, 1.82) is 0 Å². The monoisotopic (exact) mass is 501 g/mol. The van der Waals surface area contributed by atoms with Crippen LogP contribution in [0.15, 0.2) is 60.8 Å². The van der Waals surface area contributed by atoms with Crippen LogP contribution in [0.4, 0.5) is 16.2 Å². The number of rotatable bonds is 5. The van der Waals surface area contributed by atoms with E-state index in [-0.39, 0.29) is 17.2 Å². The van der Waals surface area contributed by atoms with Gasteiger partial charge in [-0.15, -0.1) is 11.3 Å². The number of Topliss-reactive ketones (excluding diaryl/α,β-unsaturated/α-hetero) is 1. The smallest absolute Gasteiger partial charge is 0.321 e. The third-order valence-electron chi connectivity index (χ3n) is 6.89. The summed E-state index contributed by atoms with van der Waals surface area (Å²) in [6.07, 6.45) is 3.87. The maximum Gasteiger partial charge on any atom is 0.321 e. The molecule has 8 heteroatoms. The third kappa shape index (κ3) is 4.48. The lowest BCUT2D eigenvalue weighted by atomic mass is 9.81. The first kappa shape index (κ1) is 24.1. The van der Waals surface area contributed by atoms with Gasteiger partial charge < -0.3 is 19.5 Å². The molecule has 1 aromatic carbocycles. The summed E-state index contributed by atoms with van der Waals surface area (Å²) in [4.78, 5) is 35.8. The van der Waals surface area contributed by atoms with E-state index in [9.17, 15) is 9.59 Å². The van der Waals surface area contributed by atoms with Gasteiger partial charge in [-0.1, -0.05) is 13.0 Å². The van der Waals surface area contributed by atoms with Gasteiger partial charge in [0.2, 0.25) is 0 Å². The minimum Gasteiger partial charge on any atom is -0.378 e. The Hall–Kier alpha value is -3.65. The molecule has 0 spiro atoms. The summed E-state index contributed by atoms with van der Waals surface area (Å²) in [6.45, 7) is 5.07. The molecule has 0 unspecified atom stereocenters. The minimum absolute atomic E-state index is 0.0623. The standard InChI is InChI=1S/C28H31N5O2S/c1-19(34)23-13-14-24(36-23)25-22-8-5-6-17-33(22)26(30-25)28(2)15-7-16-32(18-28)27(35)29-20-9-11-21(12-10-20)31(3)4/h5-6,8-14,17H,7,15-16,18H2,1-4H3,(H,29,35)/t28-/m0/s1. The van der Waals surface area contributed by atoms with Crippen molar-refractivity contribution in [3.05, 3.63) is 71.5 Å². The van der Waals surface area contributed by atoms with Gasteiger partial charge in [0, 0.05) is 50.2 Å². The summed E-state index contributed by atoms with van der Waals surface area (Å²) in [7, 11) is 3.99. The first-order chi connectivity index (χ1) is 17.2. The second kappa shape index (κ2) is 9.43. The van der Waals surface area contributed by atoms with Crippen molar-refractivity contribution in [1.82, 2.24) is 14.3 Å². The number of amides is 2. The number of benzene rings is 1. The average Bonchev–Trinajstić information content (AvgIpc) is 3.50. The number of ketones is 1. The number of carbonyl (C=O) groups excluding carboxylic acids is 2. The number of pyridine rings is 1. The van der Waals surface area contributed by atoms with Crippen LogP contribution in [0, 0.1) is 0 Å². The lowest BCUT2D eigenvalue weighted by Crippen LogP contribution is -2.49. The maximum absolute atomic E-state index is 13.2. The van der Waals surface area contributed by atoms with Gasteiger partial charge in [-0.3, -0.25) is 4.79 Å². The first-order valence-corrected chi connectivity index (χ1v) is 13.0. The molecule has 186 valence electrons. The summed E-state index contributed by atoms with van der Waals surface area (Å²) in [5.41, 5.74) is 3.44. The Balaban J connectivity index is 1.42. The summed E-state index contributed by atoms with van der Waals surface area (Å²) in [5.74, 6) is 1.01. The van der Waals surface area contributed by atoms with Crippen molar-refractivity contribution in [3.8, 4) is 10.6 Å². The van der Waals surface area contributed by atoms with E-state index in [4.69, 9.17) is 4.98 Å². The Kier molecular flexibility index (Phi) is 6.30. The van der Waals surface area contributed by atoms with Crippen LogP contribution in [0.3, 0.4) is 0 Å². The van der Waals surface area contributed by atoms with Gasteiger partial charge in [-0.05, 0) is 68.3 Å². The van der Waals surface area contributed by atoms with Crippen molar-refractivity contribution >= 4 is 40.0 Å². The molecule has 4 heterocycles. The molecule has 0 saturated carbocycles. The summed E-state index contributed by atoms with van der Waals surface area (Å²) in [5, 5.41) is 3.06. The maximum atomic E-state index is 13.2. The van der Waals surface area contributed by atoms with Crippen LogP contribution in [0.1, 0.15) is 42.2 Å². The number of anilines is 2. The molecule has 1 saturated heterocycles. The van der Waals surface area contributed by atoms with Crippen LogP contribution in [0.2, 0.25) is 0 Å². The molecule has 3 aromatic heterocycles. The predicted molar refractivity (Wildman–Crippen MR) is 146 cm³/mol. The van der Waals surface area contributed by atoms with Gasteiger partial charge in [-0.25, -0.2) is 9.78 Å². The molecule has 0 radical (unpaired) electrons. The highest BCUT2D eigenvalue weighted by Gasteiger charge is 2.38. The minimum atomic E-state index is -0.312. The second-order valence-corrected chi connectivity index (χ2v) is 11.0. The zero-order valence-electron chi connectivity index (χ0n) is 21.1. The van der Waals surface area contributed by atoms with Crippen LogP contribution in [-0.4, -0.2) is 53.3 Å². The quantitative estimate of drug-likeness (QED) is 0.345. The van der Waals surface area contributed by atoms with E-state index in [2.05, 4.69) is 22.7 Å². The Bertz CT molecular complexity index is 1420. The Labute approximate surface area is 215 Å². The number of likely N-dealkylation sites (tertiary alicyclic amines) is 1. The number of nitrogens with zero attached hydrogens (tertiary/aromatic N) is 4. The zero-order valence-corrected chi connectivity index (χ0v) is 21.9. The topological polar surface area (TPSA) is 70.0 Å². The van der Waals surface area contributed by atoms with E-state index >= 15 is 0 Å². The summed E-state index contributed by atoms with van der Waals surface area (Å²) in [6, 6.07) is 17.7. The Morgan fingerprint density at radius 2 is 1.86 bits per heavy atom. The van der Waals surface area contributed by atoms with E-state index in [1.54, 1.807) is 6.92 Å². The number of nitrogens with one attached hydrogen (secondary N) is 1. The van der Waals surface area contributed by atoms with Crippen LogP contribution in [0.5, 0.6) is 0 Å². The fourth-order valence-electron chi connectivity index (χ4n) is 4.94. The number of urea groups is 1. The van der Waals surface area contributed by atoms with E-state index < -0.39 is 0 Å². The number of aromatic nitrogens is 2. The molecule has 5 rings (SSSR count). The zero-order chi connectivity index (χ0) is 25.4. The molecule has 2 amide bonds. The van der Waals surface area contributed by atoms with Crippen molar-refractivity contribution in [2.24, 2.45) is 0 Å². The first-order valence-electron chi connectivity index (χ1n) is 12.2. The van der Waals surface area contributed by atoms with Crippen molar-refractivity contribution in [3.63, 3.8) is 0 Å². The number of carbonyl (C=O) groups is 2. The van der Waals surface area contributed by atoms with Crippen molar-refractivity contribution in [2.75, 3.05) is 37.4 Å². The Morgan fingerprint density at radius 3 is 2.56 bits per heavy atom. The number of imidazole rings is 1. The number of thiophene rings is 1. The lowest BCUT2D eigenvalue weighted by molar-refractivity contribution is 0.102. The van der Waals surface area contributed by atoms with Crippen LogP contribution in [-0.2, 0) is 5.41 Å². The molecule has 0 aliphatic carbocycles. The van der Waals surface area contributed by atoms with Gasteiger partial charge in [0.1, 0.15) is 11.5 Å². The molecule has 7 nitrogen and oxygen atoms in total. The summed E-state index contributed by atoms with van der Waals surface area (Å²) >= 11 is 1.47. The summed E-state index contributed by atoms with van der Waals surface area (Å²) < 4.78 is 2.14. The van der Waals surface area contributed by atoms with Gasteiger partial charge in [0.25, 0.3) is 0 Å². The highest BCUT2D eigenvalue weighted by Crippen LogP contribution is 2.38. The molecule has 1 atom stereocenters. The van der Waals surface area contributed by atoms with Gasteiger partial charge >= 0.3 is 6.03 Å². The molecule has 1 N–H and O–H groups in total. The van der Waals surface area contributed by atoms with Crippen molar-refractivity contribution in [2.45, 2.75) is 32.1 Å². The SMILES string of the molecule is CC(=O)c1ccc(-c2nc([C@@]3(C)CCCN(C(=O)Nc4ccc(N(C)C)cc4)C3)n3ccccc23)s1. The molecule has 1 fully saturated rings. The van der Waals surface area contributed by atoms with Gasteiger partial charge in [0.05, 0.1) is 15.3 Å².